The number of oxazole rings is 1. The molecule has 10 nitrogen and oxygen atoms in total. The van der Waals surface area contributed by atoms with Crippen LogP contribution in [0.1, 0.15) is 24.1 Å². The van der Waals surface area contributed by atoms with Gasteiger partial charge in [0.15, 0.2) is 5.58 Å². The summed E-state index contributed by atoms with van der Waals surface area (Å²) in [5.41, 5.74) is 4.49. The number of aryl methyl sites for hydroxylation is 1. The van der Waals surface area contributed by atoms with E-state index >= 15 is 0 Å². The first-order valence-corrected chi connectivity index (χ1v) is 11.2. The fourth-order valence-corrected chi connectivity index (χ4v) is 3.99. The quantitative estimate of drug-likeness (QED) is 0.318. The van der Waals surface area contributed by atoms with Gasteiger partial charge in [0.25, 0.3) is 5.91 Å². The van der Waals surface area contributed by atoms with E-state index in [1.54, 1.807) is 38.6 Å². The second kappa shape index (κ2) is 10.4. The summed E-state index contributed by atoms with van der Waals surface area (Å²) >= 11 is 6.58. The van der Waals surface area contributed by atoms with Crippen LogP contribution in [0.25, 0.3) is 11.1 Å². The van der Waals surface area contributed by atoms with Crippen molar-refractivity contribution in [3.8, 4) is 0 Å². The van der Waals surface area contributed by atoms with Gasteiger partial charge in [-0.25, -0.2) is 4.99 Å². The summed E-state index contributed by atoms with van der Waals surface area (Å²) in [6.07, 6.45) is 6.06. The highest BCUT2D eigenvalue weighted by molar-refractivity contribution is 6.31. The van der Waals surface area contributed by atoms with Crippen LogP contribution in [0.2, 0.25) is 5.02 Å². The summed E-state index contributed by atoms with van der Waals surface area (Å²) in [4.78, 5) is 26.4. The summed E-state index contributed by atoms with van der Waals surface area (Å²) in [5, 5.41) is 19.9. The fourth-order valence-electron chi connectivity index (χ4n) is 3.65. The number of hydrogen-bond donors (Lipinski definition) is 5. The summed E-state index contributed by atoms with van der Waals surface area (Å²) in [5.74, 6) is 0.0340. The number of guanidine groups is 1. The summed E-state index contributed by atoms with van der Waals surface area (Å²) in [6.45, 7) is 3.91. The summed E-state index contributed by atoms with van der Waals surface area (Å²) in [7, 11) is 1.73. The van der Waals surface area contributed by atoms with Crippen molar-refractivity contribution >= 4 is 46.8 Å². The van der Waals surface area contributed by atoms with Gasteiger partial charge in [-0.1, -0.05) is 23.7 Å². The van der Waals surface area contributed by atoms with E-state index in [9.17, 15) is 4.79 Å². The molecule has 3 aromatic rings. The highest BCUT2D eigenvalue weighted by Gasteiger charge is 2.31. The average Bonchev–Trinajstić information content (AvgIpc) is 3.23. The minimum absolute atomic E-state index is 0.181. The number of amides is 1. The van der Waals surface area contributed by atoms with Gasteiger partial charge in [0.2, 0.25) is 5.96 Å². The van der Waals surface area contributed by atoms with E-state index in [0.29, 0.717) is 44.5 Å². The van der Waals surface area contributed by atoms with Crippen LogP contribution in [0.15, 0.2) is 69.1 Å². The van der Waals surface area contributed by atoms with Crippen molar-refractivity contribution in [1.29, 1.82) is 5.41 Å². The highest BCUT2D eigenvalue weighted by Crippen LogP contribution is 2.35. The topological polar surface area (TPSA) is 140 Å². The molecule has 1 amide bonds. The van der Waals surface area contributed by atoms with Gasteiger partial charge in [0.1, 0.15) is 11.6 Å². The molecule has 1 aromatic carbocycles. The van der Waals surface area contributed by atoms with Gasteiger partial charge in [-0.3, -0.25) is 15.1 Å². The van der Waals surface area contributed by atoms with Crippen molar-refractivity contribution in [2.45, 2.75) is 19.9 Å². The smallest absolute Gasteiger partial charge is 0.302 e. The van der Waals surface area contributed by atoms with E-state index in [-0.39, 0.29) is 18.5 Å². The maximum absolute atomic E-state index is 13.3. The molecule has 1 aliphatic rings. The molecule has 180 valence electrons. The maximum Gasteiger partial charge on any atom is 0.302 e. The number of carbonyl (C=O) groups is 1. The lowest BCUT2D eigenvalue weighted by Gasteiger charge is -2.27. The molecule has 0 saturated carbocycles. The lowest BCUT2D eigenvalue weighted by atomic mass is 9.95. The number of pyridine rings is 1. The average molecular weight is 493 g/mol. The van der Waals surface area contributed by atoms with Crippen LogP contribution < -0.4 is 21.3 Å². The number of carbonyl (C=O) groups excluding carboxylic acids is 1. The zero-order valence-corrected chi connectivity index (χ0v) is 20.2. The Labute approximate surface area is 207 Å². The molecule has 0 bridgehead atoms. The van der Waals surface area contributed by atoms with Gasteiger partial charge in [-0.2, -0.15) is 4.98 Å². The van der Waals surface area contributed by atoms with E-state index < -0.39 is 6.04 Å². The lowest BCUT2D eigenvalue weighted by Crippen LogP contribution is -2.39. The number of benzene rings is 1. The molecule has 1 aliphatic heterocycles. The molecule has 0 fully saturated rings. The molecule has 0 aliphatic carbocycles. The van der Waals surface area contributed by atoms with Crippen molar-refractivity contribution in [3.63, 3.8) is 0 Å². The van der Waals surface area contributed by atoms with Crippen molar-refractivity contribution in [1.82, 2.24) is 25.9 Å². The Morgan fingerprint density at radius 3 is 2.86 bits per heavy atom. The van der Waals surface area contributed by atoms with Gasteiger partial charge in [-0.05, 0) is 25.5 Å². The number of anilines is 1. The van der Waals surface area contributed by atoms with Crippen molar-refractivity contribution < 1.29 is 9.21 Å². The van der Waals surface area contributed by atoms with Gasteiger partial charge >= 0.3 is 6.01 Å². The van der Waals surface area contributed by atoms with Crippen molar-refractivity contribution in [2.24, 2.45) is 4.99 Å². The number of fused-ring (bicyclic) bond motifs is 1. The third-order valence-electron chi connectivity index (χ3n) is 5.32. The summed E-state index contributed by atoms with van der Waals surface area (Å²) in [6, 6.07) is 6.90. The molecular weight excluding hydrogens is 468 g/mol. The molecule has 3 heterocycles. The molecule has 11 heteroatoms. The van der Waals surface area contributed by atoms with Crippen LogP contribution in [0.4, 0.5) is 6.01 Å². The standard InChI is InChI=1S/C24H25ClN8O2/c1-13-4-5-16(17(25)8-13)21-20(22(34)29-11-15(9-26)10-27-3)14(2)30-23(32-21)33-24-31-18-12-28-7-6-19(18)35-24/h4-10,12,21,26-27H,11H2,1-3H3,(H,29,34)(H2,30,31,32,33)/b15-10+,26-9?. The molecule has 2 aromatic heterocycles. The van der Waals surface area contributed by atoms with Gasteiger partial charge in [0, 0.05) is 60.1 Å². The van der Waals surface area contributed by atoms with E-state index in [1.807, 2.05) is 25.1 Å². The number of halogens is 1. The molecule has 0 saturated heterocycles. The zero-order chi connectivity index (χ0) is 24.9. The van der Waals surface area contributed by atoms with Crippen LogP contribution in [-0.4, -0.2) is 41.6 Å². The van der Waals surface area contributed by atoms with Crippen LogP contribution in [-0.2, 0) is 4.79 Å². The minimum atomic E-state index is -0.686. The van der Waals surface area contributed by atoms with Crippen molar-refractivity contribution in [3.05, 3.63) is 75.9 Å². The maximum atomic E-state index is 13.3. The molecule has 5 N–H and O–H groups in total. The van der Waals surface area contributed by atoms with E-state index in [2.05, 4.69) is 31.2 Å². The Morgan fingerprint density at radius 1 is 1.31 bits per heavy atom. The summed E-state index contributed by atoms with van der Waals surface area (Å²) < 4.78 is 5.72. The predicted molar refractivity (Wildman–Crippen MR) is 137 cm³/mol. The van der Waals surface area contributed by atoms with Gasteiger partial charge in [-0.15, -0.1) is 0 Å². The van der Waals surface area contributed by atoms with Gasteiger partial charge < -0.3 is 25.8 Å². The molecule has 0 spiro atoms. The number of nitrogens with one attached hydrogen (secondary N) is 5. The molecule has 35 heavy (non-hydrogen) atoms. The zero-order valence-electron chi connectivity index (χ0n) is 19.4. The lowest BCUT2D eigenvalue weighted by molar-refractivity contribution is -0.117. The Hall–Kier alpha value is -4.18. The normalized spacial score (nSPS) is 15.9. The number of aliphatic imine (C=N–C) groups is 1. The van der Waals surface area contributed by atoms with Gasteiger partial charge in [0.05, 0.1) is 11.8 Å². The van der Waals surface area contributed by atoms with E-state index in [4.69, 9.17) is 26.4 Å². The molecule has 0 radical (unpaired) electrons. The molecular formula is C24H25ClN8O2. The Kier molecular flexibility index (Phi) is 7.11. The predicted octanol–water partition coefficient (Wildman–Crippen LogP) is 3.44. The van der Waals surface area contributed by atoms with E-state index in [1.165, 1.54) is 6.21 Å². The molecule has 1 unspecified atom stereocenters. The van der Waals surface area contributed by atoms with Crippen LogP contribution in [0.3, 0.4) is 0 Å². The number of hydrogen-bond acceptors (Lipinski definition) is 9. The highest BCUT2D eigenvalue weighted by atomic mass is 35.5. The number of aromatic nitrogens is 2. The molecule has 1 atom stereocenters. The minimum Gasteiger partial charge on any atom is -0.423 e. The second-order valence-corrected chi connectivity index (χ2v) is 8.30. The first kappa shape index (κ1) is 24.0. The second-order valence-electron chi connectivity index (χ2n) is 7.89. The van der Waals surface area contributed by atoms with E-state index in [0.717, 1.165) is 5.56 Å². The first-order chi connectivity index (χ1) is 16.9. The Bertz CT molecular complexity index is 1340. The monoisotopic (exact) mass is 492 g/mol. The van der Waals surface area contributed by atoms with Crippen LogP contribution in [0.5, 0.6) is 0 Å². The van der Waals surface area contributed by atoms with Crippen LogP contribution >= 0.6 is 11.6 Å². The number of nitrogens with zero attached hydrogens (tertiary/aromatic N) is 3. The first-order valence-electron chi connectivity index (χ1n) is 10.8. The Morgan fingerprint density at radius 2 is 2.14 bits per heavy atom. The molecule has 4 rings (SSSR count). The van der Waals surface area contributed by atoms with Crippen molar-refractivity contribution in [2.75, 3.05) is 18.9 Å². The number of rotatable bonds is 7. The SMILES string of the molecule is CN/C=C(\C=N)CNC(=O)C1=C(C)NC(Nc2nc3cnccc3o2)=NC1c1ccc(C)cc1Cl. The van der Waals surface area contributed by atoms with Crippen LogP contribution in [0, 0.1) is 12.3 Å². The fraction of sp³-hybridized carbons (Fsp3) is 0.208. The number of allylic oxidation sites excluding steroid dienone is 1. The Balaban J connectivity index is 1.67. The third-order valence-corrected chi connectivity index (χ3v) is 5.65. The largest absolute Gasteiger partial charge is 0.423 e. The third kappa shape index (κ3) is 5.33.